The number of carboxylic acids is 1. The number of rotatable bonds is 11. The Balaban J connectivity index is 0.804. The van der Waals surface area contributed by atoms with Crippen molar-refractivity contribution >= 4 is 50.1 Å². The lowest BCUT2D eigenvalue weighted by atomic mass is 9.35. The summed E-state index contributed by atoms with van der Waals surface area (Å²) in [6.07, 6.45) is 9.73. The van der Waals surface area contributed by atoms with E-state index in [1.165, 1.54) is 32.1 Å². The van der Waals surface area contributed by atoms with Crippen LogP contribution in [0, 0.1) is 36.5 Å². The summed E-state index contributed by atoms with van der Waals surface area (Å²) < 4.78 is 10.1. The highest BCUT2D eigenvalue weighted by molar-refractivity contribution is 7.22. The molecule has 2 bridgehead atoms. The summed E-state index contributed by atoms with van der Waals surface area (Å²) >= 11 is 1.58. The van der Waals surface area contributed by atoms with Crippen LogP contribution in [0.15, 0.2) is 42.6 Å². The number of pyridine rings is 1. The predicted octanol–water partition coefficient (Wildman–Crippen LogP) is 6.70. The van der Waals surface area contributed by atoms with E-state index in [1.807, 2.05) is 41.4 Å². The van der Waals surface area contributed by atoms with Gasteiger partial charge in [-0.25, -0.2) is 14.8 Å². The van der Waals surface area contributed by atoms with Crippen molar-refractivity contribution in [2.75, 3.05) is 63.1 Å². The first-order valence-corrected chi connectivity index (χ1v) is 21.5. The fourth-order valence-electron chi connectivity index (χ4n) is 12.3. The summed E-state index contributed by atoms with van der Waals surface area (Å²) in [4.78, 5) is 29.4. The zero-order valence-electron chi connectivity index (χ0n) is 33.0. The van der Waals surface area contributed by atoms with E-state index in [1.54, 1.807) is 11.3 Å². The first kappa shape index (κ1) is 35.6. The van der Waals surface area contributed by atoms with Crippen LogP contribution in [0.2, 0.25) is 0 Å². The molecule has 296 valence electrons. The fraction of sp³-hybridized carbons (Fsp3) is 0.535. The van der Waals surface area contributed by atoms with Gasteiger partial charge in [-0.3, -0.25) is 9.58 Å². The number of hydrogen-bond donors (Lipinski definition) is 2. The minimum Gasteiger partial charge on any atom is -0.476 e. The number of benzene rings is 1. The molecule has 57 heavy (non-hydrogen) atoms. The number of fused-ring (bicyclic) bond motifs is 3. The molecule has 0 radical (unpaired) electrons. The fourth-order valence-corrected chi connectivity index (χ4v) is 13.2. The zero-order valence-corrected chi connectivity index (χ0v) is 33.8. The molecule has 5 aromatic rings. The number of likely N-dealkylation sites (N-methyl/N-ethyl adjacent to an activating group) is 1. The molecule has 4 saturated carbocycles. The second-order valence-corrected chi connectivity index (χ2v) is 19.0. The van der Waals surface area contributed by atoms with Gasteiger partial charge in [-0.1, -0.05) is 23.5 Å². The van der Waals surface area contributed by atoms with Gasteiger partial charge in [-0.2, -0.15) is 5.10 Å². The van der Waals surface area contributed by atoms with E-state index in [9.17, 15) is 9.90 Å². The van der Waals surface area contributed by atoms with Crippen molar-refractivity contribution in [1.82, 2.24) is 39.7 Å². The minimum atomic E-state index is -1.06. The number of anilines is 4. The number of ether oxygens (including phenoxy) is 1. The van der Waals surface area contributed by atoms with Crippen molar-refractivity contribution in [3.63, 3.8) is 0 Å². The van der Waals surface area contributed by atoms with Crippen molar-refractivity contribution in [1.29, 1.82) is 0 Å². The average molecular weight is 787 g/mol. The third kappa shape index (κ3) is 5.43. The van der Waals surface area contributed by atoms with Crippen LogP contribution < -0.4 is 10.2 Å². The molecule has 4 aromatic heterocycles. The van der Waals surface area contributed by atoms with Gasteiger partial charge in [0.1, 0.15) is 5.82 Å². The highest BCUT2D eigenvalue weighted by Crippen LogP contribution is 2.87. The second-order valence-electron chi connectivity index (χ2n) is 17.9. The van der Waals surface area contributed by atoms with Gasteiger partial charge in [0.05, 0.1) is 28.6 Å². The van der Waals surface area contributed by atoms with Gasteiger partial charge in [0.15, 0.2) is 22.5 Å². The Hall–Kier alpha value is -4.50. The van der Waals surface area contributed by atoms with Crippen molar-refractivity contribution in [2.24, 2.45) is 22.7 Å². The van der Waals surface area contributed by atoms with E-state index in [2.05, 4.69) is 57.0 Å². The summed E-state index contributed by atoms with van der Waals surface area (Å²) in [7, 11) is 2.21. The van der Waals surface area contributed by atoms with E-state index >= 15 is 0 Å². The van der Waals surface area contributed by atoms with Gasteiger partial charge in [0.25, 0.3) is 0 Å². The molecule has 14 heteroatoms. The Morgan fingerprint density at radius 2 is 1.79 bits per heavy atom. The van der Waals surface area contributed by atoms with E-state index in [0.29, 0.717) is 35.0 Å². The highest BCUT2D eigenvalue weighted by atomic mass is 32.1. The van der Waals surface area contributed by atoms with E-state index in [-0.39, 0.29) is 16.7 Å². The normalized spacial score (nSPS) is 28.9. The summed E-state index contributed by atoms with van der Waals surface area (Å²) in [6, 6.07) is 11.9. The third-order valence-electron chi connectivity index (χ3n) is 15.0. The van der Waals surface area contributed by atoms with Crippen LogP contribution in [0.3, 0.4) is 0 Å². The Kier molecular flexibility index (Phi) is 8.13. The molecule has 1 aromatic carbocycles. The molecule has 2 unspecified atom stereocenters. The number of thiazole rings is 1. The maximum absolute atomic E-state index is 12.9. The molecule has 6 aliphatic rings. The molecule has 1 saturated heterocycles. The highest BCUT2D eigenvalue weighted by Gasteiger charge is 2.85. The summed E-state index contributed by atoms with van der Waals surface area (Å²) in [5.74, 6) is 2.40. The van der Waals surface area contributed by atoms with Crippen molar-refractivity contribution in [2.45, 2.75) is 70.9 Å². The SMILES string of the molecule is Cc1c(Nc2nc3ccccc3s2)nnc2c1CCCN2c1ccc(-c2cnn(CC34CC5CC6(OCCN7CCN(C)CC7)CC(C3)C56C4)c2C)c(C(=O)O)n1. The lowest BCUT2D eigenvalue weighted by Crippen LogP contribution is -2.74. The van der Waals surface area contributed by atoms with Crippen molar-refractivity contribution in [3.8, 4) is 11.1 Å². The molecule has 0 amide bonds. The maximum Gasteiger partial charge on any atom is 0.355 e. The summed E-state index contributed by atoms with van der Waals surface area (Å²) in [5, 5.41) is 28.9. The van der Waals surface area contributed by atoms with Crippen LogP contribution in [-0.2, 0) is 17.7 Å². The molecular formula is C43H50N10O3S. The number of carboxylic acid groups (broad SMARTS) is 1. The number of hydrogen-bond acceptors (Lipinski definition) is 12. The molecular weight excluding hydrogens is 737 g/mol. The average Bonchev–Trinajstić information content (AvgIpc) is 3.95. The van der Waals surface area contributed by atoms with Crippen LogP contribution in [-0.4, -0.2) is 109 Å². The van der Waals surface area contributed by atoms with Gasteiger partial charge in [0.2, 0.25) is 0 Å². The topological polar surface area (TPSA) is 138 Å². The molecule has 5 fully saturated rings. The van der Waals surface area contributed by atoms with Crippen LogP contribution in [0.1, 0.15) is 65.8 Å². The maximum atomic E-state index is 12.9. The third-order valence-corrected chi connectivity index (χ3v) is 16.0. The van der Waals surface area contributed by atoms with E-state index in [4.69, 9.17) is 19.8 Å². The van der Waals surface area contributed by atoms with E-state index in [0.717, 1.165) is 108 Å². The molecule has 11 rings (SSSR count). The number of nitrogens with one attached hydrogen (secondary N) is 1. The van der Waals surface area contributed by atoms with Crippen molar-refractivity contribution < 1.29 is 14.6 Å². The Labute approximate surface area is 336 Å². The summed E-state index contributed by atoms with van der Waals surface area (Å²) in [5.41, 5.74) is 6.14. The first-order chi connectivity index (χ1) is 27.6. The second kappa shape index (κ2) is 13.0. The quantitative estimate of drug-likeness (QED) is 0.147. The van der Waals surface area contributed by atoms with Gasteiger partial charge in [-0.05, 0) is 107 Å². The molecule has 2 atom stereocenters. The first-order valence-electron chi connectivity index (χ1n) is 20.7. The van der Waals surface area contributed by atoms with Crippen LogP contribution in [0.25, 0.3) is 21.3 Å². The Bertz CT molecular complexity index is 2370. The largest absolute Gasteiger partial charge is 0.476 e. The number of carbonyl (C=O) groups is 1. The minimum absolute atomic E-state index is 0.0226. The number of para-hydroxylation sites is 1. The van der Waals surface area contributed by atoms with Crippen LogP contribution >= 0.6 is 11.3 Å². The Morgan fingerprint density at radius 3 is 2.58 bits per heavy atom. The van der Waals surface area contributed by atoms with Crippen molar-refractivity contribution in [3.05, 3.63) is 65.1 Å². The number of aromatic nitrogens is 6. The predicted molar refractivity (Wildman–Crippen MR) is 220 cm³/mol. The summed E-state index contributed by atoms with van der Waals surface area (Å²) in [6.45, 7) is 12.1. The molecule has 2 aliphatic heterocycles. The smallest absolute Gasteiger partial charge is 0.355 e. The standard InChI is InChI=1S/C43H50N10O3S/c1-26-30-7-6-12-52(38(30)49-48-37(26)47-40-45-33-8-4-5-9-34(33)57-40)35-11-10-31(36(46-35)39(54)55)32-23-44-53(27(32)2)25-41-19-28-21-42(22-29(20-41)43(28,42)24-41)56-18-17-51-15-13-50(3)14-16-51/h4-5,8-11,23,28-29H,6-7,12-22,24-25H2,1-3H3,(H,54,55)(H,45,47,48). The van der Waals surface area contributed by atoms with Crippen LogP contribution in [0.4, 0.5) is 22.6 Å². The van der Waals surface area contributed by atoms with Gasteiger partial charge in [0, 0.05) is 79.2 Å². The molecule has 6 heterocycles. The molecule has 4 aliphatic carbocycles. The molecule has 13 nitrogen and oxygen atoms in total. The molecule has 1 spiro atoms. The zero-order chi connectivity index (χ0) is 38.7. The van der Waals surface area contributed by atoms with Crippen LogP contribution in [0.5, 0.6) is 0 Å². The van der Waals surface area contributed by atoms with Gasteiger partial charge in [-0.15, -0.1) is 10.2 Å². The number of piperazine rings is 1. The lowest BCUT2D eigenvalue weighted by Gasteiger charge is -2.73. The molecule has 2 N–H and O–H groups in total. The number of nitrogens with zero attached hydrogens (tertiary/aromatic N) is 9. The Morgan fingerprint density at radius 1 is 0.982 bits per heavy atom. The number of aromatic carboxylic acids is 1. The monoisotopic (exact) mass is 786 g/mol. The lowest BCUT2D eigenvalue weighted by molar-refractivity contribution is -0.327. The van der Waals surface area contributed by atoms with Gasteiger partial charge >= 0.3 is 5.97 Å². The van der Waals surface area contributed by atoms with Gasteiger partial charge < -0.3 is 25.0 Å². The van der Waals surface area contributed by atoms with E-state index < -0.39 is 5.97 Å².